The van der Waals surface area contributed by atoms with Crippen LogP contribution < -0.4 is 4.74 Å². The molecular weight excluding hydrogens is 274 g/mol. The van der Waals surface area contributed by atoms with Crippen LogP contribution in [-0.2, 0) is 4.79 Å². The van der Waals surface area contributed by atoms with Crippen molar-refractivity contribution in [3.05, 3.63) is 29.3 Å². The van der Waals surface area contributed by atoms with Gasteiger partial charge in [0.25, 0.3) is 0 Å². The molecule has 1 saturated heterocycles. The first-order valence-electron chi connectivity index (χ1n) is 8.48. The average molecular weight is 301 g/mol. The Bertz CT molecular complexity index is 536. The van der Waals surface area contributed by atoms with Gasteiger partial charge >= 0.3 is 0 Å². The summed E-state index contributed by atoms with van der Waals surface area (Å²) >= 11 is 0. The summed E-state index contributed by atoms with van der Waals surface area (Å²) in [5, 5.41) is 0. The Kier molecular flexibility index (Phi) is 4.16. The largest absolute Gasteiger partial charge is 0.491 e. The Hall–Kier alpha value is -1.51. The van der Waals surface area contributed by atoms with E-state index >= 15 is 0 Å². The molecular formula is C19H27NO2. The molecule has 1 heterocycles. The molecule has 22 heavy (non-hydrogen) atoms. The maximum atomic E-state index is 10.8. The minimum Gasteiger partial charge on any atom is -0.491 e. The Balaban J connectivity index is 1.68. The van der Waals surface area contributed by atoms with Crippen molar-refractivity contribution in [3.63, 3.8) is 0 Å². The molecule has 0 bridgehead atoms. The van der Waals surface area contributed by atoms with Crippen LogP contribution in [0, 0.1) is 12.3 Å². The molecule has 1 aromatic rings. The van der Waals surface area contributed by atoms with E-state index in [9.17, 15) is 4.79 Å². The van der Waals surface area contributed by atoms with E-state index < -0.39 is 0 Å². The molecule has 0 unspecified atom stereocenters. The standard InChI is InChI=1S/C19H27NO2/c1-14(2)22-18-6-4-5-17(15(18)3)16-7-9-19(10-8-16)11-20(12-19)13-21/h4-6,13-14,16H,7-12H2,1-3H3. The van der Waals surface area contributed by atoms with E-state index in [0.29, 0.717) is 11.3 Å². The van der Waals surface area contributed by atoms with Crippen molar-refractivity contribution < 1.29 is 9.53 Å². The van der Waals surface area contributed by atoms with E-state index in [1.165, 1.54) is 36.8 Å². The zero-order valence-corrected chi connectivity index (χ0v) is 14.0. The highest BCUT2D eigenvalue weighted by atomic mass is 16.5. The van der Waals surface area contributed by atoms with Crippen LogP contribution in [0.4, 0.5) is 0 Å². The van der Waals surface area contributed by atoms with Crippen molar-refractivity contribution in [2.45, 2.75) is 58.5 Å². The van der Waals surface area contributed by atoms with Crippen LogP contribution in [-0.4, -0.2) is 30.5 Å². The van der Waals surface area contributed by atoms with Crippen LogP contribution in [0.1, 0.15) is 56.6 Å². The number of benzene rings is 1. The van der Waals surface area contributed by atoms with Crippen molar-refractivity contribution in [2.75, 3.05) is 13.1 Å². The van der Waals surface area contributed by atoms with Crippen LogP contribution in [0.25, 0.3) is 0 Å². The molecule has 0 radical (unpaired) electrons. The van der Waals surface area contributed by atoms with Gasteiger partial charge < -0.3 is 9.64 Å². The molecule has 1 aromatic carbocycles. The molecule has 1 spiro atoms. The number of nitrogens with zero attached hydrogens (tertiary/aromatic N) is 1. The van der Waals surface area contributed by atoms with Gasteiger partial charge in [0.15, 0.2) is 0 Å². The fourth-order valence-corrected chi connectivity index (χ4v) is 4.20. The maximum absolute atomic E-state index is 10.8. The van der Waals surface area contributed by atoms with Crippen LogP contribution in [0.5, 0.6) is 5.75 Å². The number of carbonyl (C=O) groups is 1. The molecule has 1 saturated carbocycles. The second kappa shape index (κ2) is 5.94. The van der Waals surface area contributed by atoms with Crippen LogP contribution in [0.15, 0.2) is 18.2 Å². The summed E-state index contributed by atoms with van der Waals surface area (Å²) < 4.78 is 5.93. The molecule has 3 rings (SSSR count). The first kappa shape index (κ1) is 15.4. The Morgan fingerprint density at radius 2 is 1.95 bits per heavy atom. The quantitative estimate of drug-likeness (QED) is 0.789. The lowest BCUT2D eigenvalue weighted by atomic mass is 9.64. The third-order valence-electron chi connectivity index (χ3n) is 5.40. The van der Waals surface area contributed by atoms with E-state index in [1.807, 2.05) is 4.90 Å². The molecule has 0 N–H and O–H groups in total. The second-order valence-corrected chi connectivity index (χ2v) is 7.42. The lowest BCUT2D eigenvalue weighted by molar-refractivity contribution is -0.131. The van der Waals surface area contributed by atoms with E-state index in [4.69, 9.17) is 4.74 Å². The highest BCUT2D eigenvalue weighted by molar-refractivity contribution is 5.49. The minimum atomic E-state index is 0.216. The fraction of sp³-hybridized carbons (Fsp3) is 0.632. The van der Waals surface area contributed by atoms with Gasteiger partial charge in [0.2, 0.25) is 6.41 Å². The first-order valence-corrected chi connectivity index (χ1v) is 8.48. The van der Waals surface area contributed by atoms with Gasteiger partial charge in [-0.1, -0.05) is 12.1 Å². The van der Waals surface area contributed by atoms with Gasteiger partial charge in [-0.2, -0.15) is 0 Å². The average Bonchev–Trinajstić information content (AvgIpc) is 2.47. The highest BCUT2D eigenvalue weighted by Gasteiger charge is 2.44. The smallest absolute Gasteiger partial charge is 0.209 e. The summed E-state index contributed by atoms with van der Waals surface area (Å²) in [5.41, 5.74) is 3.19. The summed E-state index contributed by atoms with van der Waals surface area (Å²) in [6.07, 6.45) is 6.17. The van der Waals surface area contributed by atoms with Gasteiger partial charge in [0, 0.05) is 18.5 Å². The third kappa shape index (κ3) is 2.86. The van der Waals surface area contributed by atoms with Gasteiger partial charge in [-0.25, -0.2) is 0 Å². The first-order chi connectivity index (χ1) is 10.5. The van der Waals surface area contributed by atoms with Crippen molar-refractivity contribution in [1.29, 1.82) is 0 Å². The molecule has 3 nitrogen and oxygen atoms in total. The Morgan fingerprint density at radius 3 is 2.55 bits per heavy atom. The molecule has 0 aromatic heterocycles. The molecule has 1 aliphatic carbocycles. The van der Waals surface area contributed by atoms with E-state index in [0.717, 1.165) is 25.2 Å². The zero-order chi connectivity index (χ0) is 15.7. The predicted molar refractivity (Wildman–Crippen MR) is 88.2 cm³/mol. The van der Waals surface area contributed by atoms with E-state index in [2.05, 4.69) is 39.0 Å². The van der Waals surface area contributed by atoms with Gasteiger partial charge in [0.1, 0.15) is 5.75 Å². The van der Waals surface area contributed by atoms with Crippen molar-refractivity contribution in [2.24, 2.45) is 5.41 Å². The lowest BCUT2D eigenvalue weighted by Crippen LogP contribution is -2.56. The SMILES string of the molecule is Cc1c(OC(C)C)cccc1C1CCC2(CC1)CN(C=O)C2. The van der Waals surface area contributed by atoms with Crippen molar-refractivity contribution in [3.8, 4) is 5.75 Å². The van der Waals surface area contributed by atoms with Crippen LogP contribution in [0.2, 0.25) is 0 Å². The van der Waals surface area contributed by atoms with E-state index in [1.54, 1.807) is 0 Å². The Labute approximate surface area is 133 Å². The van der Waals surface area contributed by atoms with Gasteiger partial charge in [0.05, 0.1) is 6.10 Å². The Morgan fingerprint density at radius 1 is 1.27 bits per heavy atom. The second-order valence-electron chi connectivity index (χ2n) is 7.42. The number of likely N-dealkylation sites (tertiary alicyclic amines) is 1. The maximum Gasteiger partial charge on any atom is 0.209 e. The number of ether oxygens (including phenoxy) is 1. The summed E-state index contributed by atoms with van der Waals surface area (Å²) in [7, 11) is 0. The van der Waals surface area contributed by atoms with Crippen molar-refractivity contribution in [1.82, 2.24) is 4.90 Å². The summed E-state index contributed by atoms with van der Waals surface area (Å²) in [6, 6.07) is 6.47. The molecule has 1 aliphatic heterocycles. The normalized spacial score (nSPS) is 21.0. The monoisotopic (exact) mass is 301 g/mol. The third-order valence-corrected chi connectivity index (χ3v) is 5.40. The zero-order valence-electron chi connectivity index (χ0n) is 14.0. The molecule has 2 aliphatic rings. The topological polar surface area (TPSA) is 29.5 Å². The molecule has 1 amide bonds. The number of hydrogen-bond acceptors (Lipinski definition) is 2. The van der Waals surface area contributed by atoms with Gasteiger partial charge in [-0.3, -0.25) is 4.79 Å². The van der Waals surface area contributed by atoms with Crippen LogP contribution >= 0.6 is 0 Å². The lowest BCUT2D eigenvalue weighted by Gasteiger charge is -2.52. The van der Waals surface area contributed by atoms with E-state index in [-0.39, 0.29) is 6.10 Å². The summed E-state index contributed by atoms with van der Waals surface area (Å²) in [4.78, 5) is 12.7. The summed E-state index contributed by atoms with van der Waals surface area (Å²) in [6.45, 7) is 8.28. The molecule has 0 atom stereocenters. The number of carbonyl (C=O) groups excluding carboxylic acids is 1. The van der Waals surface area contributed by atoms with Gasteiger partial charge in [-0.15, -0.1) is 0 Å². The fourth-order valence-electron chi connectivity index (χ4n) is 4.20. The molecule has 2 fully saturated rings. The number of hydrogen-bond donors (Lipinski definition) is 0. The minimum absolute atomic E-state index is 0.216. The summed E-state index contributed by atoms with van der Waals surface area (Å²) in [5.74, 6) is 1.68. The van der Waals surface area contributed by atoms with Gasteiger partial charge in [-0.05, 0) is 69.6 Å². The number of amides is 1. The highest BCUT2D eigenvalue weighted by Crippen LogP contribution is 2.48. The molecule has 120 valence electrons. The number of rotatable bonds is 4. The van der Waals surface area contributed by atoms with Crippen molar-refractivity contribution >= 4 is 6.41 Å². The predicted octanol–water partition coefficient (Wildman–Crippen LogP) is 3.90. The van der Waals surface area contributed by atoms with Crippen LogP contribution in [0.3, 0.4) is 0 Å². The molecule has 3 heteroatoms.